The zero-order valence-electron chi connectivity index (χ0n) is 15.8. The molecule has 30 heavy (non-hydrogen) atoms. The van der Waals surface area contributed by atoms with Crippen LogP contribution >= 0.6 is 31.0 Å². The van der Waals surface area contributed by atoms with Crippen molar-refractivity contribution < 1.29 is 25.2 Å². The molecule has 0 radical (unpaired) electrons. The predicted molar refractivity (Wildman–Crippen MR) is 122 cm³/mol. The zero-order chi connectivity index (χ0) is 22.4. The maximum atomic E-state index is 9.87. The third-order valence-corrected chi connectivity index (χ3v) is 9.30. The Hall–Kier alpha value is -1.42. The fraction of sp³-hybridized carbons (Fsp3) is 0.143. The summed E-state index contributed by atoms with van der Waals surface area (Å²) in [5, 5.41) is 5.45. The van der Waals surface area contributed by atoms with E-state index < -0.39 is 15.1 Å². The zero-order valence-corrected chi connectivity index (χ0v) is 19.2. The van der Waals surface area contributed by atoms with Crippen LogP contribution in [0, 0.1) is 0 Å². The van der Waals surface area contributed by atoms with E-state index in [0.717, 1.165) is 5.33 Å². The van der Waals surface area contributed by atoms with Crippen molar-refractivity contribution in [1.29, 1.82) is 0 Å². The number of hydrogen-bond acceptors (Lipinski definition) is 0. The van der Waals surface area contributed by atoms with Crippen molar-refractivity contribution in [3.05, 3.63) is 91.0 Å². The van der Waals surface area contributed by atoms with Gasteiger partial charge in [0.15, 0.2) is 0 Å². The average Bonchev–Trinajstić information content (AvgIpc) is 2.69. The van der Waals surface area contributed by atoms with Crippen LogP contribution in [0.4, 0.5) is 25.2 Å². The Bertz CT molecular complexity index is 810. The molecule has 0 saturated carbocycles. The molecule has 3 aromatic carbocycles. The van der Waals surface area contributed by atoms with Gasteiger partial charge in [0.1, 0.15) is 23.2 Å². The standard InChI is InChI=1S/C21H21BrP.F6P/c22-17-10-18-23(19-11-4-1-5-12-19,20-13-6-2-7-14-20)21-15-8-3-9-16-21;1-7(2,3,4,5)6/h1-9,11-16H,10,17-18H2;/q+1;-1. The summed E-state index contributed by atoms with van der Waals surface area (Å²) >= 11 is 3.64. The van der Waals surface area contributed by atoms with Crippen LogP contribution in [-0.4, -0.2) is 11.5 Å². The molecule has 0 aromatic heterocycles. The van der Waals surface area contributed by atoms with Gasteiger partial charge in [0.2, 0.25) is 0 Å². The van der Waals surface area contributed by atoms with Crippen LogP contribution < -0.4 is 15.9 Å². The number of halogens is 7. The molecule has 0 spiro atoms. The number of hydrogen-bond donors (Lipinski definition) is 0. The maximum absolute atomic E-state index is 10.7. The van der Waals surface area contributed by atoms with E-state index in [4.69, 9.17) is 0 Å². The fourth-order valence-electron chi connectivity index (χ4n) is 3.18. The molecule has 0 aliphatic carbocycles. The molecule has 0 amide bonds. The van der Waals surface area contributed by atoms with Crippen molar-refractivity contribution in [3.63, 3.8) is 0 Å². The molecule has 0 saturated heterocycles. The molecular formula is C21H21BrF6P2. The topological polar surface area (TPSA) is 0 Å². The Morgan fingerprint density at radius 2 is 0.833 bits per heavy atom. The summed E-state index contributed by atoms with van der Waals surface area (Å²) < 4.78 is 59.2. The van der Waals surface area contributed by atoms with Gasteiger partial charge in [-0.15, -0.1) is 0 Å². The fourth-order valence-corrected chi connectivity index (χ4v) is 8.24. The molecule has 0 bridgehead atoms. The summed E-state index contributed by atoms with van der Waals surface area (Å²) in [6, 6.07) is 33.2. The number of alkyl halides is 1. The summed E-state index contributed by atoms with van der Waals surface area (Å²) in [7, 11) is -12.3. The first-order valence-corrected chi connectivity index (χ1v) is 14.1. The van der Waals surface area contributed by atoms with E-state index in [9.17, 15) is 25.2 Å². The monoisotopic (exact) mass is 528 g/mol. The van der Waals surface area contributed by atoms with Crippen LogP contribution in [0.3, 0.4) is 0 Å². The van der Waals surface area contributed by atoms with Gasteiger partial charge < -0.3 is 0 Å². The van der Waals surface area contributed by atoms with E-state index in [2.05, 4.69) is 107 Å². The van der Waals surface area contributed by atoms with Gasteiger partial charge in [-0.3, -0.25) is 0 Å². The SMILES string of the molecule is BrCCC[P+](c1ccccc1)(c1ccccc1)c1ccccc1.F[P-](F)(F)(F)(F)F. The predicted octanol–water partition coefficient (Wildman–Crippen LogP) is 8.15. The summed E-state index contributed by atoms with van der Waals surface area (Å²) in [5.41, 5.74) is 0. The van der Waals surface area contributed by atoms with Gasteiger partial charge in [-0.1, -0.05) is 70.5 Å². The second kappa shape index (κ2) is 8.98. The third kappa shape index (κ3) is 8.37. The van der Waals surface area contributed by atoms with Crippen LogP contribution in [0.15, 0.2) is 91.0 Å². The average molecular weight is 529 g/mol. The summed E-state index contributed by atoms with van der Waals surface area (Å²) in [6.45, 7) is 0. The van der Waals surface area contributed by atoms with Crippen molar-refractivity contribution in [2.45, 2.75) is 6.42 Å². The summed E-state index contributed by atoms with van der Waals surface area (Å²) in [4.78, 5) is 0. The van der Waals surface area contributed by atoms with E-state index in [0.29, 0.717) is 0 Å². The summed E-state index contributed by atoms with van der Waals surface area (Å²) in [5.74, 6) is 0. The van der Waals surface area contributed by atoms with Crippen LogP contribution in [0.25, 0.3) is 0 Å². The molecule has 0 nitrogen and oxygen atoms in total. The van der Waals surface area contributed by atoms with E-state index in [-0.39, 0.29) is 0 Å². The van der Waals surface area contributed by atoms with Crippen LogP contribution in [-0.2, 0) is 0 Å². The molecule has 0 atom stereocenters. The van der Waals surface area contributed by atoms with Gasteiger partial charge in [-0.05, 0) is 42.8 Å². The van der Waals surface area contributed by atoms with Crippen LogP contribution in [0.2, 0.25) is 0 Å². The van der Waals surface area contributed by atoms with E-state index in [1.165, 1.54) is 28.5 Å². The van der Waals surface area contributed by atoms with Gasteiger partial charge in [-0.25, -0.2) is 0 Å². The minimum atomic E-state index is -10.7. The third-order valence-electron chi connectivity index (χ3n) is 4.22. The quantitative estimate of drug-likeness (QED) is 0.172. The molecule has 0 fully saturated rings. The van der Waals surface area contributed by atoms with Crippen molar-refractivity contribution in [2.75, 3.05) is 11.5 Å². The van der Waals surface area contributed by atoms with Gasteiger partial charge in [0.05, 0.1) is 6.16 Å². The number of rotatable bonds is 6. The molecule has 0 N–H and O–H groups in total. The first-order valence-electron chi connectivity index (χ1n) is 9.00. The molecule has 0 unspecified atom stereocenters. The van der Waals surface area contributed by atoms with E-state index in [1.807, 2.05) is 0 Å². The van der Waals surface area contributed by atoms with E-state index >= 15 is 0 Å². The first kappa shape index (κ1) is 24.8. The molecule has 3 aromatic rings. The second-order valence-electron chi connectivity index (χ2n) is 6.54. The van der Waals surface area contributed by atoms with Gasteiger partial charge in [0, 0.05) is 5.33 Å². The molecule has 0 heterocycles. The van der Waals surface area contributed by atoms with Crippen LogP contribution in [0.5, 0.6) is 0 Å². The Morgan fingerprint density at radius 3 is 1.07 bits per heavy atom. The second-order valence-corrected chi connectivity index (χ2v) is 12.9. The molecule has 0 aliphatic rings. The molecular weight excluding hydrogens is 508 g/mol. The van der Waals surface area contributed by atoms with Crippen molar-refractivity contribution >= 4 is 46.9 Å². The summed E-state index contributed by atoms with van der Waals surface area (Å²) in [6.07, 6.45) is 2.36. The van der Waals surface area contributed by atoms with Gasteiger partial charge >= 0.3 is 33.0 Å². The Morgan fingerprint density at radius 1 is 0.567 bits per heavy atom. The van der Waals surface area contributed by atoms with Crippen molar-refractivity contribution in [2.24, 2.45) is 0 Å². The molecule has 3 rings (SSSR count). The van der Waals surface area contributed by atoms with Crippen molar-refractivity contribution in [3.8, 4) is 0 Å². The van der Waals surface area contributed by atoms with Crippen LogP contribution in [0.1, 0.15) is 6.42 Å². The Balaban J connectivity index is 0.000000396. The Labute approximate surface area is 181 Å². The Kier molecular flexibility index (Phi) is 7.44. The van der Waals surface area contributed by atoms with Gasteiger partial charge in [0.25, 0.3) is 0 Å². The van der Waals surface area contributed by atoms with Gasteiger partial charge in [-0.2, -0.15) is 0 Å². The van der Waals surface area contributed by atoms with E-state index in [1.54, 1.807) is 0 Å². The first-order chi connectivity index (χ1) is 13.8. The molecule has 164 valence electrons. The minimum absolute atomic E-state index is 1.04. The van der Waals surface area contributed by atoms with Crippen molar-refractivity contribution in [1.82, 2.24) is 0 Å². The normalized spacial score (nSPS) is 14.1. The number of benzene rings is 3. The molecule has 0 aliphatic heterocycles. The molecule has 9 heteroatoms.